The number of nitrogens with zero attached hydrogens (tertiary/aromatic N) is 3. The molecule has 0 radical (unpaired) electrons. The van der Waals surface area contributed by atoms with E-state index in [0.717, 1.165) is 12.4 Å². The van der Waals surface area contributed by atoms with E-state index in [0.29, 0.717) is 24.9 Å². The van der Waals surface area contributed by atoms with Crippen LogP contribution in [0.4, 0.5) is 11.6 Å². The van der Waals surface area contributed by atoms with Gasteiger partial charge in [0, 0.05) is 26.3 Å². The number of nitrogen functional groups attached to an aromatic ring is 1. The molecule has 2 aromatic rings. The van der Waals surface area contributed by atoms with Gasteiger partial charge in [0.15, 0.2) is 5.82 Å². The molecule has 0 fully saturated rings. The molecular formula is C15H21N5O. The molecule has 6 nitrogen and oxygen atoms in total. The first-order valence-electron chi connectivity index (χ1n) is 6.90. The number of aromatic nitrogens is 2. The number of benzene rings is 1. The smallest absolute Gasteiger partial charge is 0.158 e. The lowest BCUT2D eigenvalue weighted by atomic mass is 10.2. The Morgan fingerprint density at radius 1 is 1.24 bits per heavy atom. The molecular weight excluding hydrogens is 266 g/mol. The topological polar surface area (TPSA) is 76.3 Å². The Morgan fingerprint density at radius 3 is 2.67 bits per heavy atom. The van der Waals surface area contributed by atoms with Gasteiger partial charge in [-0.2, -0.15) is 0 Å². The molecule has 0 saturated carbocycles. The van der Waals surface area contributed by atoms with Crippen LogP contribution >= 0.6 is 0 Å². The zero-order valence-corrected chi connectivity index (χ0v) is 12.4. The fourth-order valence-electron chi connectivity index (χ4n) is 1.95. The van der Waals surface area contributed by atoms with Crippen LogP contribution in [0, 0.1) is 0 Å². The van der Waals surface area contributed by atoms with Crippen molar-refractivity contribution in [2.24, 2.45) is 5.84 Å². The van der Waals surface area contributed by atoms with Gasteiger partial charge in [-0.1, -0.05) is 30.3 Å². The fourth-order valence-corrected chi connectivity index (χ4v) is 1.95. The Hall–Kier alpha value is -2.18. The molecule has 0 aliphatic rings. The summed E-state index contributed by atoms with van der Waals surface area (Å²) < 4.78 is 5.36. The van der Waals surface area contributed by atoms with Crippen LogP contribution in [0.25, 0.3) is 0 Å². The van der Waals surface area contributed by atoms with E-state index in [2.05, 4.69) is 27.5 Å². The minimum Gasteiger partial charge on any atom is -0.374 e. The van der Waals surface area contributed by atoms with Crippen LogP contribution in [0.3, 0.4) is 0 Å². The van der Waals surface area contributed by atoms with Crippen molar-refractivity contribution < 1.29 is 4.74 Å². The molecule has 0 atom stereocenters. The first kappa shape index (κ1) is 15.2. The highest BCUT2D eigenvalue weighted by Gasteiger charge is 2.09. The van der Waals surface area contributed by atoms with Gasteiger partial charge in [0.05, 0.1) is 0 Å². The van der Waals surface area contributed by atoms with E-state index in [1.807, 2.05) is 43.1 Å². The van der Waals surface area contributed by atoms with E-state index in [1.54, 1.807) is 0 Å². The summed E-state index contributed by atoms with van der Waals surface area (Å²) in [5.41, 5.74) is 3.78. The summed E-state index contributed by atoms with van der Waals surface area (Å²) in [4.78, 5) is 10.8. The summed E-state index contributed by atoms with van der Waals surface area (Å²) in [6.07, 6.45) is 0. The monoisotopic (exact) mass is 287 g/mol. The lowest BCUT2D eigenvalue weighted by Gasteiger charge is -2.19. The first-order chi connectivity index (χ1) is 10.2. The standard InChI is InChI=1S/C15H21N5O/c1-3-21-11-14-17-13(19-16)9-15(18-14)20(2)10-12-7-5-4-6-8-12/h4-9H,3,10-11,16H2,1-2H3,(H,17,18,19). The second-order valence-electron chi connectivity index (χ2n) is 4.65. The van der Waals surface area contributed by atoms with Gasteiger partial charge in [0.25, 0.3) is 0 Å². The normalized spacial score (nSPS) is 10.4. The Balaban J connectivity index is 2.16. The number of hydrogen-bond acceptors (Lipinski definition) is 6. The molecule has 0 aliphatic heterocycles. The zero-order valence-electron chi connectivity index (χ0n) is 12.4. The second kappa shape index (κ2) is 7.56. The molecule has 0 saturated heterocycles. The third-order valence-corrected chi connectivity index (χ3v) is 3.00. The van der Waals surface area contributed by atoms with Crippen LogP contribution in [-0.2, 0) is 17.9 Å². The number of anilines is 2. The van der Waals surface area contributed by atoms with Crippen LogP contribution < -0.4 is 16.2 Å². The second-order valence-corrected chi connectivity index (χ2v) is 4.65. The first-order valence-corrected chi connectivity index (χ1v) is 6.90. The maximum absolute atomic E-state index is 5.47. The number of hydrazine groups is 1. The van der Waals surface area contributed by atoms with Crippen molar-refractivity contribution >= 4 is 11.6 Å². The predicted octanol–water partition coefficient (Wildman–Crippen LogP) is 1.94. The third kappa shape index (κ3) is 4.40. The number of nitrogens with two attached hydrogens (primary N) is 1. The van der Waals surface area contributed by atoms with Gasteiger partial charge < -0.3 is 15.1 Å². The molecule has 0 unspecified atom stereocenters. The Labute approximate surface area is 124 Å². The molecule has 0 bridgehead atoms. The van der Waals surface area contributed by atoms with Crippen LogP contribution in [0.15, 0.2) is 36.4 Å². The van der Waals surface area contributed by atoms with E-state index in [4.69, 9.17) is 10.6 Å². The van der Waals surface area contributed by atoms with Gasteiger partial charge >= 0.3 is 0 Å². The number of hydrogen-bond donors (Lipinski definition) is 2. The van der Waals surface area contributed by atoms with Crippen LogP contribution in [0.5, 0.6) is 0 Å². The van der Waals surface area contributed by atoms with Gasteiger partial charge in [-0.25, -0.2) is 15.8 Å². The van der Waals surface area contributed by atoms with Crippen LogP contribution in [0.1, 0.15) is 18.3 Å². The summed E-state index contributed by atoms with van der Waals surface area (Å²) in [7, 11) is 1.99. The quantitative estimate of drug-likeness (QED) is 0.598. The third-order valence-electron chi connectivity index (χ3n) is 3.00. The fraction of sp³-hybridized carbons (Fsp3) is 0.333. The molecule has 0 spiro atoms. The molecule has 1 aromatic heterocycles. The average Bonchev–Trinajstić information content (AvgIpc) is 2.53. The maximum atomic E-state index is 5.47. The van der Waals surface area contributed by atoms with Crippen molar-refractivity contribution in [2.45, 2.75) is 20.1 Å². The molecule has 112 valence electrons. The van der Waals surface area contributed by atoms with Crippen molar-refractivity contribution in [1.29, 1.82) is 0 Å². The number of ether oxygens (including phenoxy) is 1. The summed E-state index contributed by atoms with van der Waals surface area (Å²) in [5.74, 6) is 7.46. The minimum absolute atomic E-state index is 0.373. The summed E-state index contributed by atoms with van der Waals surface area (Å²) in [6, 6.07) is 12.0. The van der Waals surface area contributed by atoms with Crippen LogP contribution in [0.2, 0.25) is 0 Å². The summed E-state index contributed by atoms with van der Waals surface area (Å²) >= 11 is 0. The van der Waals surface area contributed by atoms with E-state index < -0.39 is 0 Å². The molecule has 2 rings (SSSR count). The molecule has 3 N–H and O–H groups in total. The summed E-state index contributed by atoms with van der Waals surface area (Å²) in [5, 5.41) is 0. The lowest BCUT2D eigenvalue weighted by Crippen LogP contribution is -2.20. The highest BCUT2D eigenvalue weighted by Crippen LogP contribution is 2.17. The van der Waals surface area contributed by atoms with Crippen molar-refractivity contribution in [1.82, 2.24) is 9.97 Å². The Kier molecular flexibility index (Phi) is 5.48. The van der Waals surface area contributed by atoms with E-state index in [1.165, 1.54) is 5.56 Å². The molecule has 1 aromatic carbocycles. The SMILES string of the molecule is CCOCc1nc(NN)cc(N(C)Cc2ccccc2)n1. The van der Waals surface area contributed by atoms with Gasteiger partial charge in [0.2, 0.25) is 0 Å². The van der Waals surface area contributed by atoms with Gasteiger partial charge in [-0.3, -0.25) is 0 Å². The maximum Gasteiger partial charge on any atom is 0.158 e. The molecule has 1 heterocycles. The zero-order chi connectivity index (χ0) is 15.1. The number of nitrogens with one attached hydrogen (secondary N) is 1. The van der Waals surface area contributed by atoms with Crippen molar-refractivity contribution in [3.8, 4) is 0 Å². The highest BCUT2D eigenvalue weighted by atomic mass is 16.5. The highest BCUT2D eigenvalue weighted by molar-refractivity contribution is 5.48. The number of rotatable bonds is 7. The average molecular weight is 287 g/mol. The van der Waals surface area contributed by atoms with E-state index >= 15 is 0 Å². The lowest BCUT2D eigenvalue weighted by molar-refractivity contribution is 0.128. The van der Waals surface area contributed by atoms with E-state index in [9.17, 15) is 0 Å². The van der Waals surface area contributed by atoms with Gasteiger partial charge in [-0.05, 0) is 12.5 Å². The largest absolute Gasteiger partial charge is 0.374 e. The van der Waals surface area contributed by atoms with Crippen molar-refractivity contribution in [2.75, 3.05) is 24.0 Å². The molecule has 0 aliphatic carbocycles. The van der Waals surface area contributed by atoms with E-state index in [-0.39, 0.29) is 0 Å². The van der Waals surface area contributed by atoms with Crippen molar-refractivity contribution in [3.05, 3.63) is 47.8 Å². The van der Waals surface area contributed by atoms with Gasteiger partial charge in [0.1, 0.15) is 18.2 Å². The predicted molar refractivity (Wildman–Crippen MR) is 83.7 cm³/mol. The Bertz CT molecular complexity index is 561. The molecule has 0 amide bonds. The van der Waals surface area contributed by atoms with Crippen LogP contribution in [-0.4, -0.2) is 23.6 Å². The molecule has 6 heteroatoms. The molecule has 21 heavy (non-hydrogen) atoms. The van der Waals surface area contributed by atoms with Crippen molar-refractivity contribution in [3.63, 3.8) is 0 Å². The summed E-state index contributed by atoms with van der Waals surface area (Å²) in [6.45, 7) is 3.69. The minimum atomic E-state index is 0.373. The van der Waals surface area contributed by atoms with Gasteiger partial charge in [-0.15, -0.1) is 0 Å². The Morgan fingerprint density at radius 2 is 2.00 bits per heavy atom.